The lowest BCUT2D eigenvalue weighted by molar-refractivity contribution is -0.131. The largest absolute Gasteiger partial charge is 0.299 e. The van der Waals surface area contributed by atoms with Crippen LogP contribution in [0.4, 0.5) is 0 Å². The molecule has 0 heterocycles. The lowest BCUT2D eigenvalue weighted by atomic mass is 9.62. The maximum Gasteiger partial charge on any atom is 0.139 e. The van der Waals surface area contributed by atoms with Crippen LogP contribution in [0.3, 0.4) is 0 Å². The van der Waals surface area contributed by atoms with E-state index in [2.05, 4.69) is 13.8 Å². The van der Waals surface area contributed by atoms with Crippen LogP contribution in [-0.4, -0.2) is 11.6 Å². The van der Waals surface area contributed by atoms with Crippen molar-refractivity contribution in [1.29, 1.82) is 0 Å². The van der Waals surface area contributed by atoms with Crippen LogP contribution in [-0.2, 0) is 9.59 Å². The molecule has 0 aromatic carbocycles. The summed E-state index contributed by atoms with van der Waals surface area (Å²) in [5.74, 6) is 1.34. The van der Waals surface area contributed by atoms with E-state index in [-0.39, 0.29) is 16.7 Å². The van der Waals surface area contributed by atoms with Crippen molar-refractivity contribution >= 4 is 11.6 Å². The Kier molecular flexibility index (Phi) is 1.61. The van der Waals surface area contributed by atoms with Gasteiger partial charge in [0.25, 0.3) is 0 Å². The zero-order valence-corrected chi connectivity index (χ0v) is 9.51. The van der Waals surface area contributed by atoms with Crippen molar-refractivity contribution in [2.24, 2.45) is 22.7 Å². The highest BCUT2D eigenvalue weighted by molar-refractivity contribution is 5.95. The number of Topliss-reactive ketones (excluding diaryl/α,β-unsaturated/α-hetero) is 2. The van der Waals surface area contributed by atoms with E-state index in [1.807, 2.05) is 0 Å². The zero-order valence-electron chi connectivity index (χ0n) is 9.51. The van der Waals surface area contributed by atoms with Crippen molar-refractivity contribution in [2.75, 3.05) is 0 Å². The molecule has 2 heteroatoms. The van der Waals surface area contributed by atoms with Crippen LogP contribution < -0.4 is 0 Å². The molecule has 0 unspecified atom stereocenters. The SMILES string of the molecule is C[C@H]1C(=O)C[C@H]2CC(=O)[C@]3(C)CCC[C@@]213. The van der Waals surface area contributed by atoms with E-state index < -0.39 is 0 Å². The third-order valence-corrected chi connectivity index (χ3v) is 5.77. The van der Waals surface area contributed by atoms with Gasteiger partial charge < -0.3 is 0 Å². The van der Waals surface area contributed by atoms with Gasteiger partial charge in [0.05, 0.1) is 0 Å². The third-order valence-electron chi connectivity index (χ3n) is 5.77. The lowest BCUT2D eigenvalue weighted by Crippen LogP contribution is -2.40. The standard InChI is InChI=1S/C13H18O2/c1-8-10(14)6-9-7-11(15)12(2)4-3-5-13(8,9)12/h8-9H,3-7H2,1-2H3/t8-,9-,12-,13-/m0/s1. The highest BCUT2D eigenvalue weighted by atomic mass is 16.1. The zero-order chi connectivity index (χ0) is 10.8. The second-order valence-electron chi connectivity index (χ2n) is 5.94. The second kappa shape index (κ2) is 2.53. The summed E-state index contributed by atoms with van der Waals surface area (Å²) < 4.78 is 0. The van der Waals surface area contributed by atoms with E-state index in [1.165, 1.54) is 0 Å². The summed E-state index contributed by atoms with van der Waals surface area (Å²) >= 11 is 0. The molecule has 2 nitrogen and oxygen atoms in total. The molecule has 4 atom stereocenters. The molecule has 15 heavy (non-hydrogen) atoms. The average molecular weight is 206 g/mol. The van der Waals surface area contributed by atoms with Gasteiger partial charge in [-0.1, -0.05) is 20.3 Å². The Morgan fingerprint density at radius 2 is 1.93 bits per heavy atom. The quantitative estimate of drug-likeness (QED) is 0.609. The Balaban J connectivity index is 2.16. The Bertz CT molecular complexity index is 360. The minimum atomic E-state index is -0.163. The predicted molar refractivity (Wildman–Crippen MR) is 56.3 cm³/mol. The van der Waals surface area contributed by atoms with Crippen LogP contribution in [0.25, 0.3) is 0 Å². The second-order valence-corrected chi connectivity index (χ2v) is 5.94. The van der Waals surface area contributed by atoms with E-state index >= 15 is 0 Å². The Morgan fingerprint density at radius 1 is 1.20 bits per heavy atom. The van der Waals surface area contributed by atoms with E-state index in [0.717, 1.165) is 19.3 Å². The first kappa shape index (κ1) is 9.56. The van der Waals surface area contributed by atoms with Gasteiger partial charge in [0, 0.05) is 24.2 Å². The van der Waals surface area contributed by atoms with E-state index in [1.54, 1.807) is 0 Å². The molecule has 0 amide bonds. The van der Waals surface area contributed by atoms with E-state index in [9.17, 15) is 9.59 Å². The number of hydrogen-bond donors (Lipinski definition) is 0. The van der Waals surface area contributed by atoms with Gasteiger partial charge in [-0.3, -0.25) is 9.59 Å². The Hall–Kier alpha value is -0.660. The highest BCUT2D eigenvalue weighted by Crippen LogP contribution is 2.70. The summed E-state index contributed by atoms with van der Waals surface area (Å²) in [4.78, 5) is 24.0. The van der Waals surface area contributed by atoms with Crippen LogP contribution in [0.15, 0.2) is 0 Å². The van der Waals surface area contributed by atoms with Gasteiger partial charge >= 0.3 is 0 Å². The van der Waals surface area contributed by atoms with Gasteiger partial charge in [-0.15, -0.1) is 0 Å². The first-order valence-corrected chi connectivity index (χ1v) is 6.08. The minimum Gasteiger partial charge on any atom is -0.299 e. The topological polar surface area (TPSA) is 34.1 Å². The molecule has 0 bridgehead atoms. The van der Waals surface area contributed by atoms with Crippen LogP contribution in [0, 0.1) is 22.7 Å². The van der Waals surface area contributed by atoms with Gasteiger partial charge in [-0.05, 0) is 24.2 Å². The number of carbonyl (C=O) groups excluding carboxylic acids is 2. The van der Waals surface area contributed by atoms with Gasteiger partial charge in [-0.2, -0.15) is 0 Å². The van der Waals surface area contributed by atoms with Crippen molar-refractivity contribution in [3.05, 3.63) is 0 Å². The normalized spacial score (nSPS) is 53.5. The summed E-state index contributed by atoms with van der Waals surface area (Å²) in [6.45, 7) is 4.18. The van der Waals surface area contributed by atoms with Crippen LogP contribution >= 0.6 is 0 Å². The Morgan fingerprint density at radius 3 is 2.67 bits per heavy atom. The first-order valence-electron chi connectivity index (χ1n) is 6.08. The van der Waals surface area contributed by atoms with Gasteiger partial charge in [0.15, 0.2) is 0 Å². The summed E-state index contributed by atoms with van der Waals surface area (Å²) in [7, 11) is 0. The number of ketones is 2. The van der Waals surface area contributed by atoms with Crippen molar-refractivity contribution in [2.45, 2.75) is 46.0 Å². The molecule has 0 aliphatic heterocycles. The minimum absolute atomic E-state index is 0.0567. The molecule has 0 radical (unpaired) electrons. The fourth-order valence-corrected chi connectivity index (χ4v) is 4.94. The van der Waals surface area contributed by atoms with Gasteiger partial charge in [0.1, 0.15) is 11.6 Å². The van der Waals surface area contributed by atoms with Gasteiger partial charge in [-0.25, -0.2) is 0 Å². The van der Waals surface area contributed by atoms with Gasteiger partial charge in [0.2, 0.25) is 0 Å². The summed E-state index contributed by atoms with van der Waals surface area (Å²) in [6, 6.07) is 0. The predicted octanol–water partition coefficient (Wildman–Crippen LogP) is 2.36. The Labute approximate surface area is 90.4 Å². The molecular formula is C13H18O2. The maximum absolute atomic E-state index is 12.1. The first-order chi connectivity index (χ1) is 7.02. The molecule has 1 spiro atoms. The molecule has 0 N–H and O–H groups in total. The molecule has 3 saturated carbocycles. The molecule has 3 aliphatic carbocycles. The maximum atomic E-state index is 12.1. The summed E-state index contributed by atoms with van der Waals surface area (Å²) in [6.07, 6.45) is 4.60. The third kappa shape index (κ3) is 0.799. The highest BCUT2D eigenvalue weighted by Gasteiger charge is 2.70. The van der Waals surface area contributed by atoms with Crippen molar-refractivity contribution in [3.63, 3.8) is 0 Å². The van der Waals surface area contributed by atoms with E-state index in [4.69, 9.17) is 0 Å². The van der Waals surface area contributed by atoms with Crippen molar-refractivity contribution < 1.29 is 9.59 Å². The lowest BCUT2D eigenvalue weighted by Gasteiger charge is -2.39. The van der Waals surface area contributed by atoms with Crippen LogP contribution in [0.2, 0.25) is 0 Å². The van der Waals surface area contributed by atoms with Crippen molar-refractivity contribution in [1.82, 2.24) is 0 Å². The number of hydrogen-bond acceptors (Lipinski definition) is 2. The molecule has 0 saturated heterocycles. The molecule has 0 aromatic heterocycles. The average Bonchev–Trinajstić information content (AvgIpc) is 2.70. The van der Waals surface area contributed by atoms with E-state index in [0.29, 0.717) is 30.3 Å². The fraction of sp³-hybridized carbons (Fsp3) is 0.846. The fourth-order valence-electron chi connectivity index (χ4n) is 4.94. The number of rotatable bonds is 0. The van der Waals surface area contributed by atoms with Crippen LogP contribution in [0.5, 0.6) is 0 Å². The van der Waals surface area contributed by atoms with Crippen molar-refractivity contribution in [3.8, 4) is 0 Å². The summed E-state index contributed by atoms with van der Waals surface area (Å²) in [5.41, 5.74) is -0.107. The smallest absolute Gasteiger partial charge is 0.139 e. The number of carbonyl (C=O) groups is 2. The molecule has 0 aromatic rings. The molecule has 3 rings (SSSR count). The molecule has 82 valence electrons. The molecular weight excluding hydrogens is 188 g/mol. The monoisotopic (exact) mass is 206 g/mol. The molecule has 3 aliphatic rings. The summed E-state index contributed by atoms with van der Waals surface area (Å²) in [5, 5.41) is 0. The molecule has 3 fully saturated rings. The van der Waals surface area contributed by atoms with Crippen LogP contribution in [0.1, 0.15) is 46.0 Å².